The van der Waals surface area contributed by atoms with E-state index in [1.54, 1.807) is 14.2 Å². The topological polar surface area (TPSA) is 27.7 Å². The summed E-state index contributed by atoms with van der Waals surface area (Å²) in [6, 6.07) is 15.8. The van der Waals surface area contributed by atoms with Gasteiger partial charge in [-0.15, -0.1) is 12.4 Å². The Morgan fingerprint density at radius 1 is 0.650 bits per heavy atom. The molecule has 0 spiro atoms. The number of methoxy groups -OCH3 is 2. The van der Waals surface area contributed by atoms with Crippen molar-refractivity contribution < 1.29 is 14.2 Å². The van der Waals surface area contributed by atoms with Crippen LogP contribution in [0.3, 0.4) is 0 Å². The van der Waals surface area contributed by atoms with Crippen LogP contribution in [0.2, 0.25) is 0 Å². The molecule has 0 aromatic heterocycles. The Labute approximate surface area is 125 Å². The zero-order valence-electron chi connectivity index (χ0n) is 11.7. The number of ether oxygens (including phenoxy) is 3. The first-order valence-corrected chi connectivity index (χ1v) is 6.15. The lowest BCUT2D eigenvalue weighted by Gasteiger charge is -2.06. The third kappa shape index (κ3) is 4.76. The number of hydrogen-bond acceptors (Lipinski definition) is 3. The van der Waals surface area contributed by atoms with Crippen molar-refractivity contribution in [1.82, 2.24) is 0 Å². The minimum absolute atomic E-state index is 0. The lowest BCUT2D eigenvalue weighted by molar-refractivity contribution is 0.107. The molecule has 0 atom stereocenters. The van der Waals surface area contributed by atoms with Gasteiger partial charge < -0.3 is 14.2 Å². The molecule has 2 aromatic carbocycles. The Morgan fingerprint density at radius 3 is 1.30 bits per heavy atom. The predicted octanol–water partition coefficient (Wildman–Crippen LogP) is 3.84. The van der Waals surface area contributed by atoms with Crippen LogP contribution in [-0.4, -0.2) is 14.2 Å². The van der Waals surface area contributed by atoms with Gasteiger partial charge in [-0.2, -0.15) is 0 Å². The lowest BCUT2D eigenvalue weighted by Crippen LogP contribution is -1.94. The summed E-state index contributed by atoms with van der Waals surface area (Å²) in [7, 11) is 3.32. The molecule has 0 fully saturated rings. The van der Waals surface area contributed by atoms with E-state index in [4.69, 9.17) is 14.2 Å². The van der Waals surface area contributed by atoms with Gasteiger partial charge in [-0.3, -0.25) is 0 Å². The second-order valence-electron chi connectivity index (χ2n) is 4.19. The maximum atomic E-state index is 5.67. The van der Waals surface area contributed by atoms with Gasteiger partial charge in [-0.25, -0.2) is 0 Å². The molecular formula is C16H19ClO3. The maximum Gasteiger partial charge on any atom is 0.118 e. The molecule has 0 amide bonds. The van der Waals surface area contributed by atoms with E-state index in [1.165, 1.54) is 0 Å². The van der Waals surface area contributed by atoms with Gasteiger partial charge >= 0.3 is 0 Å². The van der Waals surface area contributed by atoms with Crippen LogP contribution in [0, 0.1) is 0 Å². The normalized spacial score (nSPS) is 9.70. The highest BCUT2D eigenvalue weighted by molar-refractivity contribution is 5.85. The van der Waals surface area contributed by atoms with Gasteiger partial charge in [0.25, 0.3) is 0 Å². The number of benzene rings is 2. The molecule has 4 heteroatoms. The van der Waals surface area contributed by atoms with Crippen molar-refractivity contribution >= 4 is 12.4 Å². The van der Waals surface area contributed by atoms with E-state index in [0.29, 0.717) is 13.2 Å². The van der Waals surface area contributed by atoms with Crippen LogP contribution in [0.15, 0.2) is 48.5 Å². The molecule has 2 aromatic rings. The van der Waals surface area contributed by atoms with Crippen LogP contribution in [0.1, 0.15) is 11.1 Å². The van der Waals surface area contributed by atoms with E-state index in [9.17, 15) is 0 Å². The van der Waals surface area contributed by atoms with Crippen LogP contribution in [0.25, 0.3) is 0 Å². The Hall–Kier alpha value is -1.71. The molecule has 0 aliphatic rings. The highest BCUT2D eigenvalue weighted by Crippen LogP contribution is 2.14. The van der Waals surface area contributed by atoms with Crippen molar-refractivity contribution in [2.75, 3.05) is 14.2 Å². The summed E-state index contributed by atoms with van der Waals surface area (Å²) < 4.78 is 15.9. The molecule has 0 aliphatic heterocycles. The molecule has 0 saturated heterocycles. The van der Waals surface area contributed by atoms with Gasteiger partial charge in [0.05, 0.1) is 27.4 Å². The number of rotatable bonds is 6. The van der Waals surface area contributed by atoms with Gasteiger partial charge in [0.15, 0.2) is 0 Å². The van der Waals surface area contributed by atoms with Gasteiger partial charge in [0.2, 0.25) is 0 Å². The monoisotopic (exact) mass is 294 g/mol. The van der Waals surface area contributed by atoms with Crippen LogP contribution >= 0.6 is 12.4 Å². The zero-order chi connectivity index (χ0) is 13.5. The Morgan fingerprint density at radius 2 is 1.00 bits per heavy atom. The summed E-state index contributed by atoms with van der Waals surface area (Å²) in [5.41, 5.74) is 2.27. The average Bonchev–Trinajstić information content (AvgIpc) is 2.49. The lowest BCUT2D eigenvalue weighted by atomic mass is 10.2. The molecule has 0 saturated carbocycles. The van der Waals surface area contributed by atoms with Crippen molar-refractivity contribution in [2.45, 2.75) is 13.2 Å². The van der Waals surface area contributed by atoms with Gasteiger partial charge in [-0.1, -0.05) is 24.3 Å². The standard InChI is InChI=1S/C16H18O3.ClH/c1-17-15-7-3-13(4-8-15)11-19-12-14-5-9-16(18-2)10-6-14;/h3-10H,11-12H2,1-2H3;1H. The zero-order valence-corrected chi connectivity index (χ0v) is 12.5. The van der Waals surface area contributed by atoms with E-state index in [-0.39, 0.29) is 12.4 Å². The quantitative estimate of drug-likeness (QED) is 0.810. The minimum atomic E-state index is 0. The van der Waals surface area contributed by atoms with E-state index in [2.05, 4.69) is 0 Å². The Kier molecular flexibility index (Phi) is 6.91. The summed E-state index contributed by atoms with van der Waals surface area (Å²) in [6.07, 6.45) is 0. The molecule has 20 heavy (non-hydrogen) atoms. The summed E-state index contributed by atoms with van der Waals surface area (Å²) in [5, 5.41) is 0. The Bertz CT molecular complexity index is 447. The second-order valence-corrected chi connectivity index (χ2v) is 4.19. The fourth-order valence-electron chi connectivity index (χ4n) is 1.73. The summed E-state index contributed by atoms with van der Waals surface area (Å²) in [5.74, 6) is 1.72. The van der Waals surface area contributed by atoms with Gasteiger partial charge in [0.1, 0.15) is 11.5 Å². The van der Waals surface area contributed by atoms with E-state index in [1.807, 2.05) is 48.5 Å². The number of hydrogen-bond donors (Lipinski definition) is 0. The van der Waals surface area contributed by atoms with Gasteiger partial charge in [-0.05, 0) is 35.4 Å². The molecule has 0 unspecified atom stereocenters. The SMILES string of the molecule is COc1ccc(COCc2ccc(OC)cc2)cc1.Cl. The van der Waals surface area contributed by atoms with Crippen molar-refractivity contribution in [3.8, 4) is 11.5 Å². The molecule has 108 valence electrons. The molecule has 2 rings (SSSR count). The van der Waals surface area contributed by atoms with E-state index >= 15 is 0 Å². The fraction of sp³-hybridized carbons (Fsp3) is 0.250. The molecule has 0 N–H and O–H groups in total. The van der Waals surface area contributed by atoms with Crippen LogP contribution < -0.4 is 9.47 Å². The van der Waals surface area contributed by atoms with Crippen LogP contribution in [0.4, 0.5) is 0 Å². The first-order chi connectivity index (χ1) is 9.31. The number of halogens is 1. The van der Waals surface area contributed by atoms with Crippen molar-refractivity contribution in [3.05, 3.63) is 59.7 Å². The summed E-state index contributed by atoms with van der Waals surface area (Å²) in [6.45, 7) is 1.19. The fourth-order valence-corrected chi connectivity index (χ4v) is 1.73. The first-order valence-electron chi connectivity index (χ1n) is 6.15. The average molecular weight is 295 g/mol. The maximum absolute atomic E-state index is 5.67. The Balaban J connectivity index is 0.00000200. The largest absolute Gasteiger partial charge is 0.497 e. The smallest absolute Gasteiger partial charge is 0.118 e. The summed E-state index contributed by atoms with van der Waals surface area (Å²) >= 11 is 0. The highest BCUT2D eigenvalue weighted by atomic mass is 35.5. The third-order valence-electron chi connectivity index (χ3n) is 2.86. The van der Waals surface area contributed by atoms with Crippen LogP contribution in [-0.2, 0) is 18.0 Å². The molecular weight excluding hydrogens is 276 g/mol. The predicted molar refractivity (Wildman–Crippen MR) is 81.7 cm³/mol. The molecule has 0 bridgehead atoms. The minimum Gasteiger partial charge on any atom is -0.497 e. The van der Waals surface area contributed by atoms with Gasteiger partial charge in [0, 0.05) is 0 Å². The molecule has 0 radical (unpaired) electrons. The molecule has 3 nitrogen and oxygen atoms in total. The molecule has 0 aliphatic carbocycles. The van der Waals surface area contributed by atoms with Crippen molar-refractivity contribution in [3.63, 3.8) is 0 Å². The first kappa shape index (κ1) is 16.3. The van der Waals surface area contributed by atoms with Crippen molar-refractivity contribution in [1.29, 1.82) is 0 Å². The van der Waals surface area contributed by atoms with E-state index < -0.39 is 0 Å². The molecule has 0 heterocycles. The van der Waals surface area contributed by atoms with E-state index in [0.717, 1.165) is 22.6 Å². The second kappa shape index (κ2) is 8.46. The summed E-state index contributed by atoms with van der Waals surface area (Å²) in [4.78, 5) is 0. The third-order valence-corrected chi connectivity index (χ3v) is 2.86. The van der Waals surface area contributed by atoms with Crippen molar-refractivity contribution in [2.24, 2.45) is 0 Å². The highest BCUT2D eigenvalue weighted by Gasteiger charge is 1.97. The van der Waals surface area contributed by atoms with Crippen LogP contribution in [0.5, 0.6) is 11.5 Å².